The molecule has 0 radical (unpaired) electrons. The average Bonchev–Trinajstić information content (AvgIpc) is 2.71. The lowest BCUT2D eigenvalue weighted by Crippen LogP contribution is -1.96. The fourth-order valence-electron chi connectivity index (χ4n) is 1.63. The van der Waals surface area contributed by atoms with Crippen LogP contribution in [0, 0.1) is 12.7 Å². The SMILES string of the molecule is COc1c(F)c(-c2cn[nH]c2N)cc(C)c1Br. The van der Waals surface area contributed by atoms with Gasteiger partial charge in [-0.25, -0.2) is 4.39 Å². The van der Waals surface area contributed by atoms with Crippen LogP contribution in [0.5, 0.6) is 5.75 Å². The highest BCUT2D eigenvalue weighted by Gasteiger charge is 2.18. The number of nitrogens with one attached hydrogen (secondary N) is 1. The first-order valence-electron chi connectivity index (χ1n) is 4.88. The molecule has 1 aromatic heterocycles. The largest absolute Gasteiger partial charge is 0.492 e. The lowest BCUT2D eigenvalue weighted by Gasteiger charge is -2.11. The number of aromatic nitrogens is 2. The maximum Gasteiger partial charge on any atom is 0.174 e. The molecule has 17 heavy (non-hydrogen) atoms. The van der Waals surface area contributed by atoms with Crippen molar-refractivity contribution in [2.75, 3.05) is 12.8 Å². The van der Waals surface area contributed by atoms with Crippen molar-refractivity contribution in [2.45, 2.75) is 6.92 Å². The molecule has 1 aromatic carbocycles. The zero-order valence-electron chi connectivity index (χ0n) is 9.34. The van der Waals surface area contributed by atoms with Crippen LogP contribution in [0.1, 0.15) is 5.56 Å². The second kappa shape index (κ2) is 4.37. The van der Waals surface area contributed by atoms with Crippen LogP contribution in [0.15, 0.2) is 16.7 Å². The highest BCUT2D eigenvalue weighted by atomic mass is 79.9. The normalized spacial score (nSPS) is 10.6. The molecule has 0 amide bonds. The smallest absolute Gasteiger partial charge is 0.174 e. The van der Waals surface area contributed by atoms with E-state index in [9.17, 15) is 4.39 Å². The van der Waals surface area contributed by atoms with Gasteiger partial charge in [0, 0.05) is 11.1 Å². The number of aromatic amines is 1. The summed E-state index contributed by atoms with van der Waals surface area (Å²) < 4.78 is 19.8. The Hall–Kier alpha value is -1.56. The van der Waals surface area contributed by atoms with Gasteiger partial charge in [0.05, 0.1) is 17.8 Å². The van der Waals surface area contributed by atoms with E-state index in [0.29, 0.717) is 21.4 Å². The van der Waals surface area contributed by atoms with E-state index >= 15 is 0 Å². The van der Waals surface area contributed by atoms with Gasteiger partial charge in [0.1, 0.15) is 5.82 Å². The van der Waals surface area contributed by atoms with Crippen molar-refractivity contribution in [1.82, 2.24) is 10.2 Å². The van der Waals surface area contributed by atoms with E-state index in [1.54, 1.807) is 6.07 Å². The average molecular weight is 300 g/mol. The van der Waals surface area contributed by atoms with Gasteiger partial charge in [0.15, 0.2) is 11.6 Å². The Morgan fingerprint density at radius 2 is 2.18 bits per heavy atom. The molecule has 0 unspecified atom stereocenters. The molecule has 1 heterocycles. The minimum absolute atomic E-state index is 0.167. The van der Waals surface area contributed by atoms with E-state index < -0.39 is 5.82 Å². The molecular weight excluding hydrogens is 289 g/mol. The van der Waals surface area contributed by atoms with E-state index in [1.807, 2.05) is 6.92 Å². The molecule has 0 aliphatic carbocycles. The van der Waals surface area contributed by atoms with Crippen LogP contribution in [0.3, 0.4) is 0 Å². The maximum absolute atomic E-state index is 14.2. The zero-order chi connectivity index (χ0) is 12.6. The molecule has 0 spiro atoms. The number of halogens is 2. The van der Waals surface area contributed by atoms with Crippen LogP contribution >= 0.6 is 15.9 Å². The summed E-state index contributed by atoms with van der Waals surface area (Å²) in [5.74, 6) is 0.0337. The van der Waals surface area contributed by atoms with Crippen LogP contribution in [0.25, 0.3) is 11.1 Å². The minimum atomic E-state index is -0.460. The summed E-state index contributed by atoms with van der Waals surface area (Å²) in [6.45, 7) is 1.85. The third-order valence-electron chi connectivity index (χ3n) is 2.51. The number of methoxy groups -OCH3 is 1. The summed E-state index contributed by atoms with van der Waals surface area (Å²) in [5.41, 5.74) is 7.44. The number of anilines is 1. The topological polar surface area (TPSA) is 63.9 Å². The molecule has 0 bridgehead atoms. The highest BCUT2D eigenvalue weighted by molar-refractivity contribution is 9.10. The van der Waals surface area contributed by atoms with Gasteiger partial charge in [-0.05, 0) is 34.5 Å². The second-order valence-electron chi connectivity index (χ2n) is 3.60. The standard InChI is InChI=1S/C11H11BrFN3O/c1-5-3-6(7-4-15-16-11(7)14)9(13)10(17-2)8(5)12/h3-4H,1-2H3,(H3,14,15,16). The number of nitrogen functional groups attached to an aromatic ring is 1. The molecule has 0 saturated carbocycles. The predicted octanol–water partition coefficient (Wildman–Crippen LogP) is 2.88. The first-order valence-corrected chi connectivity index (χ1v) is 5.67. The first kappa shape index (κ1) is 11.9. The van der Waals surface area contributed by atoms with Crippen molar-refractivity contribution < 1.29 is 9.13 Å². The van der Waals surface area contributed by atoms with Crippen molar-refractivity contribution in [3.8, 4) is 16.9 Å². The zero-order valence-corrected chi connectivity index (χ0v) is 10.9. The maximum atomic E-state index is 14.2. The van der Waals surface area contributed by atoms with Gasteiger partial charge in [0.25, 0.3) is 0 Å². The molecule has 90 valence electrons. The summed E-state index contributed by atoms with van der Waals surface area (Å²) in [5, 5.41) is 6.35. The fraction of sp³-hybridized carbons (Fsp3) is 0.182. The van der Waals surface area contributed by atoms with Crippen LogP contribution in [0.2, 0.25) is 0 Å². The number of rotatable bonds is 2. The fourth-order valence-corrected chi connectivity index (χ4v) is 2.08. The van der Waals surface area contributed by atoms with Crippen LogP contribution < -0.4 is 10.5 Å². The predicted molar refractivity (Wildman–Crippen MR) is 67.4 cm³/mol. The molecule has 4 nitrogen and oxygen atoms in total. The summed E-state index contributed by atoms with van der Waals surface area (Å²) in [4.78, 5) is 0. The Morgan fingerprint density at radius 1 is 1.47 bits per heavy atom. The lowest BCUT2D eigenvalue weighted by atomic mass is 10.0. The van der Waals surface area contributed by atoms with E-state index in [2.05, 4.69) is 26.1 Å². The number of ether oxygens (including phenoxy) is 1. The minimum Gasteiger partial charge on any atom is -0.492 e. The van der Waals surface area contributed by atoms with Gasteiger partial charge in [0.2, 0.25) is 0 Å². The molecule has 2 aromatic rings. The van der Waals surface area contributed by atoms with Gasteiger partial charge in [-0.15, -0.1) is 0 Å². The van der Waals surface area contributed by atoms with Crippen molar-refractivity contribution >= 4 is 21.7 Å². The van der Waals surface area contributed by atoms with E-state index in [-0.39, 0.29) is 5.75 Å². The Labute approximate surface area is 106 Å². The number of benzene rings is 1. The summed E-state index contributed by atoms with van der Waals surface area (Å²) in [6.07, 6.45) is 1.49. The lowest BCUT2D eigenvalue weighted by molar-refractivity contribution is 0.384. The van der Waals surface area contributed by atoms with E-state index in [4.69, 9.17) is 10.5 Å². The van der Waals surface area contributed by atoms with E-state index in [0.717, 1.165) is 5.56 Å². The monoisotopic (exact) mass is 299 g/mol. The molecule has 0 aliphatic heterocycles. The van der Waals surface area contributed by atoms with Crippen LogP contribution in [0.4, 0.5) is 10.2 Å². The first-order chi connectivity index (χ1) is 8.06. The summed E-state index contributed by atoms with van der Waals surface area (Å²) in [7, 11) is 1.42. The van der Waals surface area contributed by atoms with Crippen molar-refractivity contribution in [3.63, 3.8) is 0 Å². The van der Waals surface area contributed by atoms with Crippen LogP contribution in [-0.2, 0) is 0 Å². The molecule has 6 heteroatoms. The third-order valence-corrected chi connectivity index (χ3v) is 3.49. The van der Waals surface area contributed by atoms with Gasteiger partial charge in [-0.1, -0.05) is 0 Å². The number of hydrogen-bond acceptors (Lipinski definition) is 3. The number of H-pyrrole nitrogens is 1. The number of hydrogen-bond donors (Lipinski definition) is 2. The molecule has 3 N–H and O–H groups in total. The summed E-state index contributed by atoms with van der Waals surface area (Å²) >= 11 is 3.29. The second-order valence-corrected chi connectivity index (χ2v) is 4.39. The number of aryl methyl sites for hydroxylation is 1. The molecule has 0 fully saturated rings. The van der Waals surface area contributed by atoms with Gasteiger partial charge < -0.3 is 10.5 Å². The third kappa shape index (κ3) is 1.88. The highest BCUT2D eigenvalue weighted by Crippen LogP contribution is 2.38. The van der Waals surface area contributed by atoms with E-state index in [1.165, 1.54) is 13.3 Å². The molecule has 0 aliphatic rings. The Morgan fingerprint density at radius 3 is 2.71 bits per heavy atom. The molecule has 0 atom stereocenters. The Kier molecular flexibility index (Phi) is 3.06. The molecule has 0 saturated heterocycles. The van der Waals surface area contributed by atoms with Gasteiger partial charge in [-0.2, -0.15) is 5.10 Å². The van der Waals surface area contributed by atoms with Gasteiger partial charge >= 0.3 is 0 Å². The van der Waals surface area contributed by atoms with Gasteiger partial charge in [-0.3, -0.25) is 5.10 Å². The molecular formula is C11H11BrFN3O. The number of nitrogens with two attached hydrogens (primary N) is 1. The quantitative estimate of drug-likeness (QED) is 0.896. The summed E-state index contributed by atoms with van der Waals surface area (Å²) in [6, 6.07) is 1.70. The Balaban J connectivity index is 2.72. The Bertz CT molecular complexity index is 568. The van der Waals surface area contributed by atoms with Crippen molar-refractivity contribution in [2.24, 2.45) is 0 Å². The van der Waals surface area contributed by atoms with Crippen LogP contribution in [-0.4, -0.2) is 17.3 Å². The van der Waals surface area contributed by atoms with Crippen molar-refractivity contribution in [1.29, 1.82) is 0 Å². The molecule has 2 rings (SSSR count). The van der Waals surface area contributed by atoms with Crippen molar-refractivity contribution in [3.05, 3.63) is 28.1 Å². The number of nitrogens with zero attached hydrogens (tertiary/aromatic N) is 1.